The summed E-state index contributed by atoms with van der Waals surface area (Å²) in [6, 6.07) is -7.97. The quantitative estimate of drug-likeness (QED) is 0.0278. The number of hydrogen-bond donors (Lipinski definition) is 28. The van der Waals surface area contributed by atoms with Crippen molar-refractivity contribution in [3.05, 3.63) is 0 Å². The molecule has 7 aliphatic heterocycles. The van der Waals surface area contributed by atoms with Gasteiger partial charge in [-0.15, -0.1) is 0 Å². The zero-order chi connectivity index (χ0) is 80.8. The molecule has 0 unspecified atom stereocenters. The van der Waals surface area contributed by atoms with E-state index < -0.39 is 339 Å². The Morgan fingerprint density at radius 1 is 0.435 bits per heavy atom. The van der Waals surface area contributed by atoms with Crippen LogP contribution in [0.2, 0.25) is 0 Å². The van der Waals surface area contributed by atoms with Crippen LogP contribution < -0.4 is 21.7 Å². The lowest BCUT2D eigenvalue weighted by Gasteiger charge is -2.53. The highest BCUT2D eigenvalue weighted by molar-refractivity contribution is 5.78. The van der Waals surface area contributed by atoms with Gasteiger partial charge < -0.3 is 211 Å². The number of aliphatic carboxylic acids is 3. The molecule has 0 aromatic carbocycles. The first kappa shape index (κ1) is 90.1. The Hall–Kier alpha value is -5.11. The van der Waals surface area contributed by atoms with Crippen molar-refractivity contribution in [1.29, 1.82) is 0 Å². The molecular weight excluding hydrogens is 1480 g/mol. The van der Waals surface area contributed by atoms with Crippen LogP contribution in [0, 0.1) is 0 Å². The molecule has 0 bridgehead atoms. The monoisotopic (exact) mass is 1580 g/mol. The Morgan fingerprint density at radius 2 is 0.843 bits per heavy atom. The van der Waals surface area contributed by atoms with Gasteiger partial charge in [0.2, 0.25) is 17.7 Å². The van der Waals surface area contributed by atoms with E-state index in [4.69, 9.17) is 72.0 Å². The lowest BCUT2D eigenvalue weighted by molar-refractivity contribution is -0.405. The molecule has 7 heterocycles. The zero-order valence-corrected chi connectivity index (χ0v) is 57.7. The van der Waals surface area contributed by atoms with E-state index in [0.29, 0.717) is 0 Å². The fourth-order valence-electron chi connectivity index (χ4n) is 13.5. The van der Waals surface area contributed by atoms with E-state index in [-0.39, 0.29) is 0 Å². The highest BCUT2D eigenvalue weighted by atomic mass is 16.8. The third-order valence-corrected chi connectivity index (χ3v) is 19.0. The second-order valence-electron chi connectivity index (χ2n) is 26.8. The summed E-state index contributed by atoms with van der Waals surface area (Å²) in [5.41, 5.74) is 6.06. The minimum absolute atomic E-state index is 0.814. The van der Waals surface area contributed by atoms with Crippen molar-refractivity contribution in [2.24, 2.45) is 5.73 Å². The van der Waals surface area contributed by atoms with E-state index in [1.54, 1.807) is 0 Å². The van der Waals surface area contributed by atoms with Gasteiger partial charge in [-0.2, -0.15) is 0 Å². The van der Waals surface area contributed by atoms with Gasteiger partial charge in [-0.1, -0.05) is 0 Å². The minimum atomic E-state index is -3.75. The average Bonchev–Trinajstić information content (AvgIpc) is 0.756. The number of amides is 3. The first-order valence-corrected chi connectivity index (χ1v) is 33.5. The number of ether oxygens (including phenoxy) is 14. The molecule has 49 heteroatoms. The predicted molar refractivity (Wildman–Crippen MR) is 330 cm³/mol. The molecule has 7 rings (SSSR count). The molecule has 0 aromatic rings. The lowest BCUT2D eigenvalue weighted by Crippen LogP contribution is -2.73. The SMILES string of the molecule is CC(=O)N[C@H]1[C@H](O[C@@H]2[C@H](O[C@]3(C(=O)O)C[C@H](O)[C@@H](NC(C)=O)[C@H]([C@H](O)[C@@H](CO)O[C@]4(C(=O)O)C[C@H](O)[C@@H](NC(C)=O)[C@H]([C@H](O)[C@H](O)CO)O4)O3)[C@@H](O)[C@H](O[C@H]3[C@H](O)[C@@H](O)[C@H](O)O[C@@H]3CO)O[C@@H]2CO)O[C@H](CO)[C@H](O)[C@@H]1O[C@@H]1O[C@H](CO)[C@H](O)[C@H](O[C@]2(C(=O)O)C[C@H](O)[C@@H](N)[C@H]([C@H](O)[C@H](O)COC(C)=O)O2)[C@H]1O. The summed E-state index contributed by atoms with van der Waals surface area (Å²) in [4.78, 5) is 90.8. The standard InChI is InChI=1S/C59H96N4O45/c1-15(70)61-30-20(75)6-57(54(89)90,105-46(30)33(79)22(77)8-64)103-26(11-67)37(83)47-31(62-16(2)71)21(76)7-59(106-47,56(93)94)108-49-41(87)53(100-42-27(12-68)96-50(88)39(85)38(42)84)99-28(13-69)43(49)101-51-32(63-17(3)72)45(35(81)24(9-65)97-51)102-52-40(86)48(36(82)25(10-66)98-52)107-58(55(91)92)5-19(74)29(60)44(104-58)34(80)23(78)14-95-18(4)73/h19-53,64-69,74-88H,5-14,60H2,1-4H3,(H,61,70)(H,62,71)(H,63,72)(H,89,90)(H,91,92)(H,93,94)/t19-,20-,21-,22+,23+,24+,25+,26+,27+,28+,29+,30+,31+,32+,33+,34+,35-,36-,37+,38+,39+,40+,41+,42+,43-,44+,45+,46+,47+,48-,49+,50+,51-,52-,53-,57+,58-,59-/m0/s1. The Bertz CT molecular complexity index is 3010. The van der Waals surface area contributed by atoms with Crippen LogP contribution in [-0.4, -0.2) is 442 Å². The highest BCUT2D eigenvalue weighted by Gasteiger charge is 2.65. The van der Waals surface area contributed by atoms with Gasteiger partial charge in [0.1, 0.15) is 159 Å². The Balaban J connectivity index is 1.30. The van der Waals surface area contributed by atoms with E-state index >= 15 is 0 Å². The maximum Gasteiger partial charge on any atom is 0.364 e. The Labute approximate surface area is 609 Å². The zero-order valence-electron chi connectivity index (χ0n) is 57.7. The van der Waals surface area contributed by atoms with Crippen LogP contribution in [0.3, 0.4) is 0 Å². The fraction of sp³-hybridized carbons (Fsp3) is 0.881. The van der Waals surface area contributed by atoms with Crippen LogP contribution >= 0.6 is 0 Å². The van der Waals surface area contributed by atoms with Gasteiger partial charge in [-0.05, 0) is 0 Å². The van der Waals surface area contributed by atoms with Gasteiger partial charge in [-0.3, -0.25) is 19.2 Å². The second kappa shape index (κ2) is 37.7. The number of nitrogens with two attached hydrogens (primary N) is 1. The van der Waals surface area contributed by atoms with E-state index in [9.17, 15) is 156 Å². The number of aliphatic hydroxyl groups excluding tert-OH is 21. The maximum atomic E-state index is 14.2. The van der Waals surface area contributed by atoms with Crippen LogP contribution in [0.4, 0.5) is 0 Å². The highest BCUT2D eigenvalue weighted by Crippen LogP contribution is 2.44. The van der Waals surface area contributed by atoms with Gasteiger partial charge in [-0.25, -0.2) is 14.4 Å². The molecule has 0 aromatic heterocycles. The van der Waals surface area contributed by atoms with E-state index in [2.05, 4.69) is 16.0 Å². The third-order valence-electron chi connectivity index (χ3n) is 19.0. The number of aliphatic hydroxyl groups is 21. The normalized spacial score (nSPS) is 43.4. The van der Waals surface area contributed by atoms with Crippen LogP contribution in [0.5, 0.6) is 0 Å². The van der Waals surface area contributed by atoms with Gasteiger partial charge >= 0.3 is 23.9 Å². The largest absolute Gasteiger partial charge is 0.477 e. The van der Waals surface area contributed by atoms with Crippen LogP contribution in [0.25, 0.3) is 0 Å². The number of esters is 1. The predicted octanol–water partition coefficient (Wildman–Crippen LogP) is -17.7. The molecule has 0 aliphatic carbocycles. The van der Waals surface area contributed by atoms with Crippen LogP contribution in [-0.2, 0) is 99.9 Å². The van der Waals surface area contributed by atoms with Gasteiger partial charge in [0.05, 0.1) is 76.1 Å². The topological polar surface area (TPSA) is 796 Å². The van der Waals surface area contributed by atoms with Crippen LogP contribution in [0.1, 0.15) is 47.0 Å². The van der Waals surface area contributed by atoms with Crippen molar-refractivity contribution in [1.82, 2.24) is 16.0 Å². The number of carboxylic acid groups (broad SMARTS) is 3. The smallest absolute Gasteiger partial charge is 0.364 e. The molecule has 29 N–H and O–H groups in total. The number of carbonyl (C=O) groups excluding carboxylic acids is 4. The molecule has 7 fully saturated rings. The first-order valence-electron chi connectivity index (χ1n) is 33.5. The minimum Gasteiger partial charge on any atom is -0.477 e. The number of carbonyl (C=O) groups is 7. The summed E-state index contributed by atoms with van der Waals surface area (Å²) < 4.78 is 80.4. The van der Waals surface area contributed by atoms with Gasteiger partial charge in [0.15, 0.2) is 25.2 Å². The molecule has 7 saturated heterocycles. The molecule has 622 valence electrons. The molecular formula is C59H96N4O45. The summed E-state index contributed by atoms with van der Waals surface area (Å²) in [5, 5.41) is 273. The molecule has 49 nitrogen and oxygen atoms in total. The fourth-order valence-corrected chi connectivity index (χ4v) is 13.5. The molecule has 0 saturated carbocycles. The molecule has 7 aliphatic rings. The Morgan fingerprint density at radius 3 is 1.33 bits per heavy atom. The first-order chi connectivity index (χ1) is 50.5. The lowest BCUT2D eigenvalue weighted by atomic mass is 9.87. The van der Waals surface area contributed by atoms with Crippen molar-refractivity contribution >= 4 is 41.6 Å². The summed E-state index contributed by atoms with van der Waals surface area (Å²) in [6.45, 7) is -5.56. The Kier molecular flexibility index (Phi) is 31.4. The van der Waals surface area contributed by atoms with Crippen molar-refractivity contribution < 1.29 is 222 Å². The summed E-state index contributed by atoms with van der Waals surface area (Å²) in [6.07, 6.45) is -77.2. The molecule has 0 spiro atoms. The van der Waals surface area contributed by atoms with Crippen molar-refractivity contribution in [2.75, 3.05) is 46.2 Å². The van der Waals surface area contributed by atoms with E-state index in [0.717, 1.165) is 27.7 Å². The van der Waals surface area contributed by atoms with E-state index in [1.165, 1.54) is 0 Å². The number of carboxylic acids is 3. The van der Waals surface area contributed by atoms with Crippen LogP contribution in [0.15, 0.2) is 0 Å². The molecule has 3 amide bonds. The maximum absolute atomic E-state index is 14.2. The van der Waals surface area contributed by atoms with Crippen molar-refractivity contribution in [3.63, 3.8) is 0 Å². The summed E-state index contributed by atoms with van der Waals surface area (Å²) >= 11 is 0. The number of nitrogens with one attached hydrogen (secondary N) is 3. The van der Waals surface area contributed by atoms with Gasteiger partial charge in [0.25, 0.3) is 17.4 Å². The van der Waals surface area contributed by atoms with Gasteiger partial charge in [0, 0.05) is 47.0 Å². The number of hydrogen-bond acceptors (Lipinski definition) is 43. The average molecular weight is 1580 g/mol. The second-order valence-corrected chi connectivity index (χ2v) is 26.8. The summed E-state index contributed by atoms with van der Waals surface area (Å²) in [7, 11) is 0. The molecule has 38 atom stereocenters. The van der Waals surface area contributed by atoms with E-state index in [1.807, 2.05) is 0 Å². The molecule has 108 heavy (non-hydrogen) atoms. The third kappa shape index (κ3) is 19.6. The van der Waals surface area contributed by atoms with Crippen molar-refractivity contribution in [3.8, 4) is 0 Å². The number of rotatable bonds is 32. The molecule has 0 radical (unpaired) electrons. The van der Waals surface area contributed by atoms with Crippen molar-refractivity contribution in [2.45, 2.75) is 278 Å². The summed E-state index contributed by atoms with van der Waals surface area (Å²) in [5.74, 6) is -21.4.